The van der Waals surface area contributed by atoms with Gasteiger partial charge in [0.05, 0.1) is 12.7 Å². The Morgan fingerprint density at radius 3 is 2.80 bits per heavy atom. The molecule has 1 aromatic rings. The number of aromatic hydroxyl groups is 1. The summed E-state index contributed by atoms with van der Waals surface area (Å²) in [6.07, 6.45) is 0.968. The second-order valence-electron chi connectivity index (χ2n) is 3.10. The molecule has 0 spiro atoms. The van der Waals surface area contributed by atoms with E-state index in [9.17, 15) is 9.90 Å². The first-order valence-corrected chi connectivity index (χ1v) is 5.18. The molecule has 0 unspecified atom stereocenters. The molecule has 0 fully saturated rings. The van der Waals surface area contributed by atoms with E-state index in [4.69, 9.17) is 16.3 Å². The molecule has 0 aromatic heterocycles. The standard InChI is InChI=1S/C11H13ClO3/c1-15-8-4-5-9(11(14)7-8)10(13)3-2-6-12/h4-5,7,14H,2-3,6H2,1H3. The van der Waals surface area contributed by atoms with Crippen LogP contribution in [0.5, 0.6) is 11.5 Å². The minimum absolute atomic E-state index is 0.0473. The molecule has 1 N–H and O–H groups in total. The molecule has 82 valence electrons. The highest BCUT2D eigenvalue weighted by Crippen LogP contribution is 2.24. The number of alkyl halides is 1. The Bertz CT molecular complexity index is 350. The quantitative estimate of drug-likeness (QED) is 0.623. The lowest BCUT2D eigenvalue weighted by Crippen LogP contribution is -2.00. The van der Waals surface area contributed by atoms with Crippen LogP contribution in [0.15, 0.2) is 18.2 Å². The van der Waals surface area contributed by atoms with Crippen molar-refractivity contribution in [3.63, 3.8) is 0 Å². The van der Waals surface area contributed by atoms with Gasteiger partial charge in [-0.05, 0) is 18.6 Å². The summed E-state index contributed by atoms with van der Waals surface area (Å²) in [7, 11) is 1.50. The second-order valence-corrected chi connectivity index (χ2v) is 3.48. The number of rotatable bonds is 5. The number of halogens is 1. The zero-order valence-corrected chi connectivity index (χ0v) is 9.25. The highest BCUT2D eigenvalue weighted by Gasteiger charge is 2.11. The van der Waals surface area contributed by atoms with Crippen LogP contribution >= 0.6 is 11.6 Å². The van der Waals surface area contributed by atoms with Crippen molar-refractivity contribution in [1.82, 2.24) is 0 Å². The summed E-state index contributed by atoms with van der Waals surface area (Å²) in [4.78, 5) is 11.6. The Kier molecular flexibility index (Phi) is 4.43. The van der Waals surface area contributed by atoms with Gasteiger partial charge in [0.15, 0.2) is 5.78 Å². The summed E-state index contributed by atoms with van der Waals surface area (Å²) in [6, 6.07) is 4.63. The molecule has 0 aliphatic heterocycles. The summed E-state index contributed by atoms with van der Waals surface area (Å²) in [5.41, 5.74) is 0.320. The number of hydrogen-bond acceptors (Lipinski definition) is 3. The van der Waals surface area contributed by atoms with E-state index in [1.54, 1.807) is 12.1 Å². The van der Waals surface area contributed by atoms with Crippen LogP contribution in [-0.2, 0) is 0 Å². The summed E-state index contributed by atoms with van der Waals surface area (Å²) >= 11 is 5.49. The van der Waals surface area contributed by atoms with Gasteiger partial charge in [0.25, 0.3) is 0 Å². The molecule has 0 heterocycles. The first-order chi connectivity index (χ1) is 7.19. The Labute approximate surface area is 93.6 Å². The van der Waals surface area contributed by atoms with Crippen molar-refractivity contribution in [3.05, 3.63) is 23.8 Å². The lowest BCUT2D eigenvalue weighted by Gasteiger charge is -2.05. The van der Waals surface area contributed by atoms with Crippen LogP contribution in [-0.4, -0.2) is 23.9 Å². The number of carbonyl (C=O) groups is 1. The topological polar surface area (TPSA) is 46.5 Å². The number of carbonyl (C=O) groups excluding carboxylic acids is 1. The smallest absolute Gasteiger partial charge is 0.166 e. The fraction of sp³-hybridized carbons (Fsp3) is 0.364. The number of hydrogen-bond donors (Lipinski definition) is 1. The van der Waals surface area contributed by atoms with Gasteiger partial charge in [-0.15, -0.1) is 11.6 Å². The van der Waals surface area contributed by atoms with Crippen LogP contribution in [0.1, 0.15) is 23.2 Å². The van der Waals surface area contributed by atoms with E-state index in [1.165, 1.54) is 13.2 Å². The molecule has 1 rings (SSSR count). The van der Waals surface area contributed by atoms with Gasteiger partial charge in [-0.3, -0.25) is 4.79 Å². The highest BCUT2D eigenvalue weighted by molar-refractivity contribution is 6.18. The molecule has 3 nitrogen and oxygen atoms in total. The van der Waals surface area contributed by atoms with Gasteiger partial charge < -0.3 is 9.84 Å². The molecule has 0 saturated heterocycles. The van der Waals surface area contributed by atoms with Gasteiger partial charge in [-0.25, -0.2) is 0 Å². The van der Waals surface area contributed by atoms with Gasteiger partial charge >= 0.3 is 0 Å². The largest absolute Gasteiger partial charge is 0.507 e. The molecule has 0 radical (unpaired) electrons. The second kappa shape index (κ2) is 5.61. The first kappa shape index (κ1) is 11.9. The lowest BCUT2D eigenvalue weighted by molar-refractivity contribution is 0.0979. The van der Waals surface area contributed by atoms with Crippen LogP contribution in [0.4, 0.5) is 0 Å². The molecule has 0 aliphatic carbocycles. The third-order valence-electron chi connectivity index (χ3n) is 2.04. The predicted octanol–water partition coefficient (Wildman–Crippen LogP) is 2.60. The number of benzene rings is 1. The molecular weight excluding hydrogens is 216 g/mol. The molecule has 0 saturated carbocycles. The fourth-order valence-corrected chi connectivity index (χ4v) is 1.37. The van der Waals surface area contributed by atoms with Gasteiger partial charge in [-0.1, -0.05) is 0 Å². The number of ether oxygens (including phenoxy) is 1. The van der Waals surface area contributed by atoms with Gasteiger partial charge in [0, 0.05) is 18.4 Å². The van der Waals surface area contributed by atoms with E-state index in [-0.39, 0.29) is 11.5 Å². The van der Waals surface area contributed by atoms with Crippen LogP contribution in [0.2, 0.25) is 0 Å². The monoisotopic (exact) mass is 228 g/mol. The van der Waals surface area contributed by atoms with Crippen LogP contribution in [0.3, 0.4) is 0 Å². The van der Waals surface area contributed by atoms with E-state index < -0.39 is 0 Å². The van der Waals surface area contributed by atoms with Crippen LogP contribution in [0.25, 0.3) is 0 Å². The van der Waals surface area contributed by atoms with E-state index in [1.807, 2.05) is 0 Å². The highest BCUT2D eigenvalue weighted by atomic mass is 35.5. The summed E-state index contributed by atoms with van der Waals surface area (Å²) in [5.74, 6) is 0.828. The first-order valence-electron chi connectivity index (χ1n) is 4.65. The Morgan fingerprint density at radius 1 is 1.53 bits per heavy atom. The molecule has 4 heteroatoms. The van der Waals surface area contributed by atoms with Crippen molar-refractivity contribution in [1.29, 1.82) is 0 Å². The molecule has 15 heavy (non-hydrogen) atoms. The average molecular weight is 229 g/mol. The zero-order valence-electron chi connectivity index (χ0n) is 8.50. The normalized spacial score (nSPS) is 10.0. The van der Waals surface area contributed by atoms with Crippen molar-refractivity contribution < 1.29 is 14.6 Å². The average Bonchev–Trinajstić information content (AvgIpc) is 2.25. The minimum Gasteiger partial charge on any atom is -0.507 e. The molecule has 0 bridgehead atoms. The lowest BCUT2D eigenvalue weighted by atomic mass is 10.1. The number of phenolic OH excluding ortho intramolecular Hbond substituents is 1. The fourth-order valence-electron chi connectivity index (χ4n) is 1.24. The molecule has 0 aliphatic rings. The van der Waals surface area contributed by atoms with Crippen molar-refractivity contribution in [3.8, 4) is 11.5 Å². The maximum Gasteiger partial charge on any atom is 0.166 e. The third-order valence-corrected chi connectivity index (χ3v) is 2.31. The van der Waals surface area contributed by atoms with Crippen molar-refractivity contribution in [2.75, 3.05) is 13.0 Å². The maximum absolute atomic E-state index is 11.6. The number of Topliss-reactive ketones (excluding diaryl/α,β-unsaturated/α-hetero) is 1. The maximum atomic E-state index is 11.6. The number of phenols is 1. The predicted molar refractivity (Wildman–Crippen MR) is 58.9 cm³/mol. The summed E-state index contributed by atoms with van der Waals surface area (Å²) < 4.78 is 4.92. The van der Waals surface area contributed by atoms with E-state index in [2.05, 4.69) is 0 Å². The van der Waals surface area contributed by atoms with Gasteiger partial charge in [0.1, 0.15) is 11.5 Å². The van der Waals surface area contributed by atoms with E-state index in [0.29, 0.717) is 30.0 Å². The minimum atomic E-state index is -0.101. The SMILES string of the molecule is COc1ccc(C(=O)CCCCl)c(O)c1. The van der Waals surface area contributed by atoms with E-state index in [0.717, 1.165) is 0 Å². The van der Waals surface area contributed by atoms with Crippen molar-refractivity contribution in [2.24, 2.45) is 0 Å². The van der Waals surface area contributed by atoms with Crippen molar-refractivity contribution in [2.45, 2.75) is 12.8 Å². The molecule has 1 aromatic carbocycles. The van der Waals surface area contributed by atoms with Crippen LogP contribution < -0.4 is 4.74 Å². The zero-order chi connectivity index (χ0) is 11.3. The number of methoxy groups -OCH3 is 1. The van der Waals surface area contributed by atoms with Crippen molar-refractivity contribution >= 4 is 17.4 Å². The Hall–Kier alpha value is -1.22. The molecule has 0 atom stereocenters. The van der Waals surface area contributed by atoms with Gasteiger partial charge in [-0.2, -0.15) is 0 Å². The molecular formula is C11H13ClO3. The van der Waals surface area contributed by atoms with Crippen LogP contribution in [0, 0.1) is 0 Å². The van der Waals surface area contributed by atoms with Gasteiger partial charge in [0.2, 0.25) is 0 Å². The molecule has 0 amide bonds. The van der Waals surface area contributed by atoms with E-state index >= 15 is 0 Å². The Morgan fingerprint density at radius 2 is 2.27 bits per heavy atom. The summed E-state index contributed by atoms with van der Waals surface area (Å²) in [5, 5.41) is 9.56. The third kappa shape index (κ3) is 3.13. The summed E-state index contributed by atoms with van der Waals surface area (Å²) in [6.45, 7) is 0. The number of ketones is 1. The Balaban J connectivity index is 2.81.